The van der Waals surface area contributed by atoms with E-state index in [-0.39, 0.29) is 6.10 Å². The highest BCUT2D eigenvalue weighted by Crippen LogP contribution is 2.22. The largest absolute Gasteiger partial charge is 0.390 e. The third-order valence-corrected chi connectivity index (χ3v) is 5.14. The fraction of sp³-hybridized carbons (Fsp3) is 0.556. The van der Waals surface area contributed by atoms with Gasteiger partial charge < -0.3 is 5.11 Å². The van der Waals surface area contributed by atoms with Crippen LogP contribution in [0.15, 0.2) is 30.3 Å². The molecule has 1 aromatic carbocycles. The number of aliphatic hydroxyl groups excluding tert-OH is 1. The zero-order valence-corrected chi connectivity index (χ0v) is 15.2. The maximum absolute atomic E-state index is 10.4. The van der Waals surface area contributed by atoms with E-state index in [0.29, 0.717) is 12.5 Å². The molecule has 6 heteroatoms. The van der Waals surface area contributed by atoms with Crippen molar-refractivity contribution in [2.45, 2.75) is 39.0 Å². The van der Waals surface area contributed by atoms with Crippen LogP contribution in [0.2, 0.25) is 0 Å². The minimum atomic E-state index is -0.320. The Morgan fingerprint density at radius 1 is 1.12 bits per heavy atom. The van der Waals surface area contributed by atoms with Crippen LogP contribution in [-0.4, -0.2) is 56.8 Å². The molecule has 2 aromatic rings. The van der Waals surface area contributed by atoms with Crippen molar-refractivity contribution in [1.29, 1.82) is 0 Å². The summed E-state index contributed by atoms with van der Waals surface area (Å²) in [5, 5.41) is 14.7. The van der Waals surface area contributed by atoms with E-state index in [9.17, 15) is 5.11 Å². The first-order valence-corrected chi connectivity index (χ1v) is 9.37. The number of hydrogen-bond donors (Lipinski definition) is 1. The lowest BCUT2D eigenvalue weighted by atomic mass is 10.1. The third-order valence-electron chi connectivity index (χ3n) is 4.42. The number of benzene rings is 1. The number of aliphatic hydroxyl groups is 1. The van der Waals surface area contributed by atoms with E-state index in [1.54, 1.807) is 0 Å². The number of aromatic nitrogens is 2. The molecular formula is C18H26N4OS. The minimum Gasteiger partial charge on any atom is -0.390 e. The molecule has 130 valence electrons. The van der Waals surface area contributed by atoms with E-state index < -0.39 is 0 Å². The number of rotatable bonds is 5. The summed E-state index contributed by atoms with van der Waals surface area (Å²) in [6.07, 6.45) is -0.320. The first kappa shape index (κ1) is 17.5. The summed E-state index contributed by atoms with van der Waals surface area (Å²) in [6.45, 7) is 9.39. The second-order valence-corrected chi connectivity index (χ2v) is 7.68. The predicted molar refractivity (Wildman–Crippen MR) is 97.0 cm³/mol. The summed E-state index contributed by atoms with van der Waals surface area (Å²) >= 11 is 1.48. The Kier molecular flexibility index (Phi) is 5.94. The fourth-order valence-corrected chi connectivity index (χ4v) is 4.05. The molecule has 0 aliphatic carbocycles. The van der Waals surface area contributed by atoms with Crippen LogP contribution in [0.25, 0.3) is 0 Å². The molecule has 3 rings (SSSR count). The SMILES string of the molecule is CC(C)c1nnsc1CN1CCN(Cc2ccccc2)C[C@H](O)C1. The fourth-order valence-electron chi connectivity index (χ4n) is 3.21. The highest BCUT2D eigenvalue weighted by molar-refractivity contribution is 7.05. The maximum atomic E-state index is 10.4. The summed E-state index contributed by atoms with van der Waals surface area (Å²) in [6, 6.07) is 10.5. The number of hydrogen-bond acceptors (Lipinski definition) is 6. The average molecular weight is 347 g/mol. The van der Waals surface area contributed by atoms with Gasteiger partial charge in [-0.1, -0.05) is 48.7 Å². The van der Waals surface area contributed by atoms with Crippen LogP contribution in [0.5, 0.6) is 0 Å². The first-order chi connectivity index (χ1) is 11.6. The van der Waals surface area contributed by atoms with E-state index >= 15 is 0 Å². The molecule has 1 aromatic heterocycles. The monoisotopic (exact) mass is 346 g/mol. The van der Waals surface area contributed by atoms with Gasteiger partial charge in [-0.2, -0.15) is 0 Å². The van der Waals surface area contributed by atoms with Gasteiger partial charge in [0.15, 0.2) is 0 Å². The van der Waals surface area contributed by atoms with Crippen LogP contribution in [0.3, 0.4) is 0 Å². The molecule has 1 saturated heterocycles. The summed E-state index contributed by atoms with van der Waals surface area (Å²) in [7, 11) is 0. The van der Waals surface area contributed by atoms with E-state index in [0.717, 1.165) is 38.4 Å². The smallest absolute Gasteiger partial charge is 0.0826 e. The molecule has 0 saturated carbocycles. The Morgan fingerprint density at radius 2 is 1.79 bits per heavy atom. The highest BCUT2D eigenvalue weighted by Gasteiger charge is 2.23. The Morgan fingerprint density at radius 3 is 2.46 bits per heavy atom. The van der Waals surface area contributed by atoms with Gasteiger partial charge in [0, 0.05) is 39.3 Å². The predicted octanol–water partition coefficient (Wildman–Crippen LogP) is 2.34. The molecule has 0 spiro atoms. The molecule has 1 aliphatic heterocycles. The van der Waals surface area contributed by atoms with Crippen molar-refractivity contribution in [2.75, 3.05) is 26.2 Å². The highest BCUT2D eigenvalue weighted by atomic mass is 32.1. The van der Waals surface area contributed by atoms with Crippen LogP contribution in [-0.2, 0) is 13.1 Å². The van der Waals surface area contributed by atoms with Crippen molar-refractivity contribution in [3.05, 3.63) is 46.5 Å². The Bertz CT molecular complexity index is 631. The minimum absolute atomic E-state index is 0.320. The van der Waals surface area contributed by atoms with Crippen molar-refractivity contribution in [3.63, 3.8) is 0 Å². The molecule has 0 amide bonds. The normalized spacial score (nSPS) is 20.4. The Balaban J connectivity index is 1.61. The lowest BCUT2D eigenvalue weighted by Gasteiger charge is -2.21. The quantitative estimate of drug-likeness (QED) is 0.901. The van der Waals surface area contributed by atoms with Gasteiger partial charge in [0.2, 0.25) is 0 Å². The van der Waals surface area contributed by atoms with Gasteiger partial charge in [-0.3, -0.25) is 9.80 Å². The standard InChI is InChI=1S/C18H26N4OS/c1-14(2)18-17(24-20-19-18)13-22-9-8-21(11-16(23)12-22)10-15-6-4-3-5-7-15/h3-7,14,16,23H,8-13H2,1-2H3/t16-/m0/s1. The molecule has 24 heavy (non-hydrogen) atoms. The second-order valence-electron chi connectivity index (χ2n) is 6.85. The van der Waals surface area contributed by atoms with Gasteiger partial charge in [-0.15, -0.1) is 5.10 Å². The molecule has 0 bridgehead atoms. The first-order valence-electron chi connectivity index (χ1n) is 8.59. The van der Waals surface area contributed by atoms with Crippen LogP contribution in [0.1, 0.15) is 35.9 Å². The van der Waals surface area contributed by atoms with Crippen LogP contribution in [0.4, 0.5) is 0 Å². The molecule has 0 unspecified atom stereocenters. The second kappa shape index (κ2) is 8.16. The summed E-state index contributed by atoms with van der Waals surface area (Å²) in [5.74, 6) is 0.394. The number of nitrogens with zero attached hydrogens (tertiary/aromatic N) is 4. The van der Waals surface area contributed by atoms with E-state index in [4.69, 9.17) is 0 Å². The van der Waals surface area contributed by atoms with Gasteiger partial charge in [0.1, 0.15) is 0 Å². The van der Waals surface area contributed by atoms with Crippen molar-refractivity contribution in [3.8, 4) is 0 Å². The van der Waals surface area contributed by atoms with Gasteiger partial charge in [0.05, 0.1) is 16.7 Å². The van der Waals surface area contributed by atoms with E-state index in [1.807, 2.05) is 6.07 Å². The summed E-state index contributed by atoms with van der Waals surface area (Å²) < 4.78 is 4.11. The molecule has 5 nitrogen and oxygen atoms in total. The molecular weight excluding hydrogens is 320 g/mol. The van der Waals surface area contributed by atoms with E-state index in [2.05, 4.69) is 57.5 Å². The van der Waals surface area contributed by atoms with Crippen LogP contribution >= 0.6 is 11.5 Å². The van der Waals surface area contributed by atoms with E-state index in [1.165, 1.54) is 22.0 Å². The van der Waals surface area contributed by atoms with Gasteiger partial charge in [0.25, 0.3) is 0 Å². The Hall–Kier alpha value is -1.34. The average Bonchev–Trinajstić information content (AvgIpc) is 2.94. The lowest BCUT2D eigenvalue weighted by molar-refractivity contribution is 0.106. The van der Waals surface area contributed by atoms with Crippen LogP contribution in [0, 0.1) is 0 Å². The summed E-state index contributed by atoms with van der Waals surface area (Å²) in [5.41, 5.74) is 2.40. The third kappa shape index (κ3) is 4.60. The molecule has 1 atom stereocenters. The van der Waals surface area contributed by atoms with Gasteiger partial charge in [-0.25, -0.2) is 0 Å². The van der Waals surface area contributed by atoms with Crippen molar-refractivity contribution < 1.29 is 5.11 Å². The molecule has 1 aliphatic rings. The topological polar surface area (TPSA) is 52.5 Å². The van der Waals surface area contributed by atoms with Crippen molar-refractivity contribution in [2.24, 2.45) is 0 Å². The molecule has 1 fully saturated rings. The van der Waals surface area contributed by atoms with Gasteiger partial charge >= 0.3 is 0 Å². The summed E-state index contributed by atoms with van der Waals surface area (Å²) in [4.78, 5) is 5.90. The zero-order chi connectivity index (χ0) is 16.9. The van der Waals surface area contributed by atoms with Crippen molar-refractivity contribution >= 4 is 11.5 Å². The molecule has 2 heterocycles. The number of β-amino-alcohol motifs (C(OH)–C–C–N with tert-alkyl or cyclic N) is 1. The van der Waals surface area contributed by atoms with Crippen molar-refractivity contribution in [1.82, 2.24) is 19.4 Å². The van der Waals surface area contributed by atoms with Gasteiger partial charge in [-0.05, 0) is 23.0 Å². The maximum Gasteiger partial charge on any atom is 0.0826 e. The van der Waals surface area contributed by atoms with Crippen LogP contribution < -0.4 is 0 Å². The molecule has 1 N–H and O–H groups in total. The molecule has 0 radical (unpaired) electrons. The zero-order valence-electron chi connectivity index (χ0n) is 14.4. The Labute approximate surface area is 148 Å². The lowest BCUT2D eigenvalue weighted by Crippen LogP contribution is -2.33.